The summed E-state index contributed by atoms with van der Waals surface area (Å²) in [4.78, 5) is 4.26. The molecule has 4 nitrogen and oxygen atoms in total. The smallest absolute Gasteiger partial charge is 0.261 e. The van der Waals surface area contributed by atoms with Crippen LogP contribution < -0.4 is 0 Å². The van der Waals surface area contributed by atoms with E-state index in [9.17, 15) is 5.26 Å². The third-order valence-corrected chi connectivity index (χ3v) is 6.95. The van der Waals surface area contributed by atoms with Crippen molar-refractivity contribution in [1.29, 1.82) is 5.26 Å². The predicted molar refractivity (Wildman–Crippen MR) is 118 cm³/mol. The lowest BCUT2D eigenvalue weighted by Gasteiger charge is -2.25. The van der Waals surface area contributed by atoms with Gasteiger partial charge in [-0.3, -0.25) is 5.10 Å². The summed E-state index contributed by atoms with van der Waals surface area (Å²) < 4.78 is 30.8. The molecular formula is C25H28F2N4. The van der Waals surface area contributed by atoms with E-state index < -0.39 is 11.3 Å². The monoisotopic (exact) mass is 422 g/mol. The van der Waals surface area contributed by atoms with Crippen LogP contribution in [-0.4, -0.2) is 15.2 Å². The van der Waals surface area contributed by atoms with Crippen LogP contribution in [0, 0.1) is 17.2 Å². The summed E-state index contributed by atoms with van der Waals surface area (Å²) in [6, 6.07) is 9.13. The Balaban J connectivity index is 1.80. The van der Waals surface area contributed by atoms with E-state index in [0.29, 0.717) is 35.5 Å². The van der Waals surface area contributed by atoms with Crippen molar-refractivity contribution in [3.63, 3.8) is 0 Å². The molecule has 2 aromatic heterocycles. The summed E-state index contributed by atoms with van der Waals surface area (Å²) in [5, 5.41) is 17.5. The molecule has 1 atom stereocenters. The highest BCUT2D eigenvalue weighted by molar-refractivity contribution is 5.92. The zero-order valence-corrected chi connectivity index (χ0v) is 18.1. The number of halogens is 2. The first-order valence-electron chi connectivity index (χ1n) is 11.1. The average molecular weight is 423 g/mol. The standard InChI is InChI=1S/C25H28F2N4/c1-3-24(2,16-28)19-12-18(21-9-11-29-23-22(21)15-30-31-23)13-20(14-19)25(26,27)10-8-17-6-4-5-7-17/h9,11-15,17H,3-8,10H2,1-2H3,(H,29,30,31). The molecule has 1 aromatic carbocycles. The minimum Gasteiger partial charge on any atom is -0.261 e. The second-order valence-corrected chi connectivity index (χ2v) is 8.98. The van der Waals surface area contributed by atoms with Crippen LogP contribution in [0.15, 0.2) is 36.7 Å². The maximum Gasteiger partial charge on any atom is 0.273 e. The SMILES string of the molecule is CCC(C)(C#N)c1cc(-c2ccnc3[nH]ncc23)cc(C(F)(F)CCC2CCCC2)c1. The van der Waals surface area contributed by atoms with E-state index in [2.05, 4.69) is 21.3 Å². The van der Waals surface area contributed by atoms with E-state index >= 15 is 8.78 Å². The Labute approximate surface area is 181 Å². The van der Waals surface area contributed by atoms with Crippen molar-refractivity contribution in [2.24, 2.45) is 5.92 Å². The Morgan fingerprint density at radius 3 is 2.65 bits per heavy atom. The highest BCUT2D eigenvalue weighted by atomic mass is 19.3. The largest absolute Gasteiger partial charge is 0.273 e. The maximum absolute atomic E-state index is 15.4. The number of H-pyrrole nitrogens is 1. The number of benzene rings is 1. The van der Waals surface area contributed by atoms with Crippen LogP contribution in [0.3, 0.4) is 0 Å². The van der Waals surface area contributed by atoms with E-state index in [4.69, 9.17) is 0 Å². The van der Waals surface area contributed by atoms with Crippen LogP contribution in [0.1, 0.15) is 69.9 Å². The van der Waals surface area contributed by atoms with Crippen molar-refractivity contribution in [2.45, 2.75) is 70.1 Å². The molecule has 0 aliphatic heterocycles. The molecular weight excluding hydrogens is 394 g/mol. The molecule has 3 aromatic rings. The van der Waals surface area contributed by atoms with E-state index in [1.165, 1.54) is 0 Å². The molecule has 31 heavy (non-hydrogen) atoms. The van der Waals surface area contributed by atoms with Gasteiger partial charge in [0.05, 0.1) is 17.7 Å². The normalized spacial score (nSPS) is 17.0. The molecule has 162 valence electrons. The molecule has 1 saturated carbocycles. The lowest BCUT2D eigenvalue weighted by atomic mass is 9.79. The number of nitrogens with one attached hydrogen (secondary N) is 1. The number of aromatic amines is 1. The lowest BCUT2D eigenvalue weighted by molar-refractivity contribution is -0.0191. The van der Waals surface area contributed by atoms with E-state index in [-0.39, 0.29) is 12.0 Å². The van der Waals surface area contributed by atoms with Crippen LogP contribution in [-0.2, 0) is 11.3 Å². The maximum atomic E-state index is 15.4. The molecule has 1 aliphatic carbocycles. The van der Waals surface area contributed by atoms with Gasteiger partial charge in [-0.05, 0) is 66.6 Å². The zero-order chi connectivity index (χ0) is 22.1. The van der Waals surface area contributed by atoms with E-state index in [1.54, 1.807) is 24.5 Å². The quantitative estimate of drug-likeness (QED) is 0.451. The Kier molecular flexibility index (Phi) is 5.79. The minimum atomic E-state index is -2.94. The summed E-state index contributed by atoms with van der Waals surface area (Å²) in [5.41, 5.74) is 1.83. The third kappa shape index (κ3) is 4.19. The second-order valence-electron chi connectivity index (χ2n) is 8.98. The van der Waals surface area contributed by atoms with E-state index in [0.717, 1.165) is 36.6 Å². The van der Waals surface area contributed by atoms with Crippen molar-refractivity contribution in [2.75, 3.05) is 0 Å². The lowest BCUT2D eigenvalue weighted by Crippen LogP contribution is -2.21. The third-order valence-electron chi connectivity index (χ3n) is 6.95. The van der Waals surface area contributed by atoms with Crippen LogP contribution in [0.4, 0.5) is 8.78 Å². The minimum absolute atomic E-state index is 0.0126. The topological polar surface area (TPSA) is 65.4 Å². The fourth-order valence-electron chi connectivity index (χ4n) is 4.59. The molecule has 1 aliphatic rings. The molecule has 0 saturated heterocycles. The number of hydrogen-bond acceptors (Lipinski definition) is 3. The van der Waals surface area contributed by atoms with Crippen molar-refractivity contribution in [1.82, 2.24) is 15.2 Å². The highest BCUT2D eigenvalue weighted by Crippen LogP contribution is 2.42. The van der Waals surface area contributed by atoms with Crippen molar-refractivity contribution >= 4 is 11.0 Å². The van der Waals surface area contributed by atoms with Crippen LogP contribution in [0.5, 0.6) is 0 Å². The number of alkyl halides is 2. The predicted octanol–water partition coefficient (Wildman–Crippen LogP) is 6.88. The van der Waals surface area contributed by atoms with Gasteiger partial charge in [0.15, 0.2) is 5.65 Å². The number of nitriles is 1. The van der Waals surface area contributed by atoms with Gasteiger partial charge in [0.25, 0.3) is 5.92 Å². The van der Waals surface area contributed by atoms with Crippen LogP contribution >= 0.6 is 0 Å². The summed E-state index contributed by atoms with van der Waals surface area (Å²) in [7, 11) is 0. The molecule has 0 spiro atoms. The first kappa shape index (κ1) is 21.4. The van der Waals surface area contributed by atoms with E-state index in [1.807, 2.05) is 26.0 Å². The first-order chi connectivity index (χ1) is 14.9. The van der Waals surface area contributed by atoms with Gasteiger partial charge in [0.2, 0.25) is 0 Å². The first-order valence-corrected chi connectivity index (χ1v) is 11.1. The zero-order valence-electron chi connectivity index (χ0n) is 18.1. The van der Waals surface area contributed by atoms with Gasteiger partial charge >= 0.3 is 0 Å². The number of aromatic nitrogens is 3. The molecule has 1 fully saturated rings. The molecule has 1 unspecified atom stereocenters. The fourth-order valence-corrected chi connectivity index (χ4v) is 4.59. The molecule has 0 radical (unpaired) electrons. The Hall–Kier alpha value is -2.81. The van der Waals surface area contributed by atoms with Crippen molar-refractivity contribution < 1.29 is 8.78 Å². The Morgan fingerprint density at radius 1 is 1.19 bits per heavy atom. The summed E-state index contributed by atoms with van der Waals surface area (Å²) in [6.45, 7) is 3.72. The summed E-state index contributed by atoms with van der Waals surface area (Å²) >= 11 is 0. The van der Waals surface area contributed by atoms with Gasteiger partial charge in [0.1, 0.15) is 0 Å². The van der Waals surface area contributed by atoms with Crippen LogP contribution in [0.2, 0.25) is 0 Å². The van der Waals surface area contributed by atoms with Gasteiger partial charge in [-0.1, -0.05) is 32.6 Å². The summed E-state index contributed by atoms with van der Waals surface area (Å²) in [5.74, 6) is -2.54. The Bertz CT molecular complexity index is 1110. The van der Waals surface area contributed by atoms with Crippen LogP contribution in [0.25, 0.3) is 22.2 Å². The molecule has 4 rings (SSSR count). The average Bonchev–Trinajstić information content (AvgIpc) is 3.48. The number of pyridine rings is 1. The van der Waals surface area contributed by atoms with Gasteiger partial charge < -0.3 is 0 Å². The number of nitrogens with zero attached hydrogens (tertiary/aromatic N) is 3. The molecule has 1 N–H and O–H groups in total. The van der Waals surface area contributed by atoms with Crippen molar-refractivity contribution in [3.05, 3.63) is 47.8 Å². The Morgan fingerprint density at radius 2 is 1.94 bits per heavy atom. The second kappa shape index (κ2) is 8.37. The number of hydrogen-bond donors (Lipinski definition) is 1. The van der Waals surface area contributed by atoms with Gasteiger partial charge in [0, 0.05) is 23.6 Å². The summed E-state index contributed by atoms with van der Waals surface area (Å²) in [6.07, 6.45) is 8.63. The molecule has 6 heteroatoms. The molecule has 0 amide bonds. The number of fused-ring (bicyclic) bond motifs is 1. The van der Waals surface area contributed by atoms with Gasteiger partial charge in [-0.15, -0.1) is 0 Å². The van der Waals surface area contributed by atoms with Gasteiger partial charge in [-0.25, -0.2) is 13.8 Å². The number of rotatable bonds is 7. The van der Waals surface area contributed by atoms with Gasteiger partial charge in [-0.2, -0.15) is 10.4 Å². The molecule has 0 bridgehead atoms. The highest BCUT2D eigenvalue weighted by Gasteiger charge is 2.35. The molecule has 2 heterocycles. The van der Waals surface area contributed by atoms with Crippen molar-refractivity contribution in [3.8, 4) is 17.2 Å². The fraction of sp³-hybridized carbons (Fsp3) is 0.480.